The van der Waals surface area contributed by atoms with E-state index < -0.39 is 80.2 Å². The lowest BCUT2D eigenvalue weighted by Gasteiger charge is -2.41. The maximum atomic E-state index is 13.0. The van der Waals surface area contributed by atoms with Crippen LogP contribution in [0.15, 0.2) is 12.1 Å². The Labute approximate surface area is 163 Å². The molecule has 0 bridgehead atoms. The number of benzene rings is 2. The van der Waals surface area contributed by atoms with Crippen LogP contribution in [-0.2, 0) is 0 Å². The number of aliphatic hydroxyl groups is 3. The maximum absolute atomic E-state index is 13.0. The fraction of sp³-hybridized carbons (Fsp3) is 0.300. The molecule has 0 spiro atoms. The Morgan fingerprint density at radius 3 is 1.76 bits per heavy atom. The minimum absolute atomic E-state index is 0.00761. The normalized spacial score (nSPS) is 25.4. The van der Waals surface area contributed by atoms with E-state index in [1.165, 1.54) is 0 Å². The molecule has 0 aromatic heterocycles. The second kappa shape index (κ2) is 5.93. The fourth-order valence-electron chi connectivity index (χ4n) is 4.26. The number of hydrogen-bond acceptors (Lipinski definition) is 9. The van der Waals surface area contributed by atoms with Crippen molar-refractivity contribution in [2.45, 2.75) is 37.6 Å². The van der Waals surface area contributed by atoms with Gasteiger partial charge in [0.1, 0.15) is 29.1 Å². The summed E-state index contributed by atoms with van der Waals surface area (Å²) in [6.45, 7) is 1.54. The Balaban J connectivity index is 2.10. The highest BCUT2D eigenvalue weighted by atomic mass is 16.3. The van der Waals surface area contributed by atoms with Gasteiger partial charge in [-0.15, -0.1) is 0 Å². The monoisotopic (exact) mass is 402 g/mol. The van der Waals surface area contributed by atoms with E-state index in [4.69, 9.17) is 0 Å². The Kier molecular flexibility index (Phi) is 3.92. The summed E-state index contributed by atoms with van der Waals surface area (Å²) in [6.07, 6.45) is -3.69. The van der Waals surface area contributed by atoms with E-state index in [-0.39, 0.29) is 18.4 Å². The zero-order chi connectivity index (χ0) is 21.4. The van der Waals surface area contributed by atoms with Gasteiger partial charge in [-0.25, -0.2) is 0 Å². The summed E-state index contributed by atoms with van der Waals surface area (Å²) < 4.78 is 0. The Morgan fingerprint density at radius 2 is 1.31 bits per heavy atom. The molecule has 0 radical (unpaired) electrons. The molecule has 0 amide bonds. The van der Waals surface area contributed by atoms with Crippen molar-refractivity contribution >= 4 is 11.6 Å². The van der Waals surface area contributed by atoms with Gasteiger partial charge in [0.2, 0.25) is 11.6 Å². The molecule has 2 aliphatic carbocycles. The number of carbonyl (C=O) groups is 2. The van der Waals surface area contributed by atoms with Gasteiger partial charge in [0.25, 0.3) is 0 Å². The number of rotatable bonds is 1. The molecule has 2 aliphatic rings. The summed E-state index contributed by atoms with van der Waals surface area (Å²) in [4.78, 5) is 26.0. The number of hydrogen-bond donors (Lipinski definition) is 7. The van der Waals surface area contributed by atoms with Gasteiger partial charge in [-0.05, 0) is 18.6 Å². The summed E-state index contributed by atoms with van der Waals surface area (Å²) in [5, 5.41) is 73.3. The van der Waals surface area contributed by atoms with Gasteiger partial charge in [0.05, 0.1) is 34.0 Å². The number of ketones is 2. The van der Waals surface area contributed by atoms with Gasteiger partial charge < -0.3 is 35.7 Å². The minimum Gasteiger partial charge on any atom is -0.507 e. The van der Waals surface area contributed by atoms with Crippen molar-refractivity contribution in [3.63, 3.8) is 0 Å². The molecule has 4 rings (SSSR count). The Bertz CT molecular complexity index is 1100. The van der Waals surface area contributed by atoms with Gasteiger partial charge in [0, 0.05) is 17.5 Å². The third kappa shape index (κ3) is 2.26. The number of phenols is 4. The van der Waals surface area contributed by atoms with E-state index in [0.717, 1.165) is 12.1 Å². The van der Waals surface area contributed by atoms with E-state index in [1.807, 2.05) is 0 Å². The van der Waals surface area contributed by atoms with Crippen LogP contribution in [0.2, 0.25) is 0 Å². The van der Waals surface area contributed by atoms with Crippen LogP contribution in [0.4, 0.5) is 0 Å². The first-order valence-corrected chi connectivity index (χ1v) is 8.89. The molecule has 3 unspecified atom stereocenters. The lowest BCUT2D eigenvalue weighted by Crippen LogP contribution is -2.42. The number of carbonyl (C=O) groups excluding carboxylic acids is 2. The second-order valence-electron chi connectivity index (χ2n) is 7.37. The minimum atomic E-state index is -1.84. The predicted octanol–water partition coefficient (Wildman–Crippen LogP) is 0.896. The van der Waals surface area contributed by atoms with Crippen LogP contribution in [0.1, 0.15) is 74.9 Å². The maximum Gasteiger partial charge on any atom is 0.202 e. The van der Waals surface area contributed by atoms with Gasteiger partial charge in [0.15, 0.2) is 0 Å². The summed E-state index contributed by atoms with van der Waals surface area (Å²) in [5.41, 5.74) is -5.14. The topological polar surface area (TPSA) is 176 Å². The van der Waals surface area contributed by atoms with Crippen LogP contribution in [0.5, 0.6) is 23.0 Å². The zero-order valence-corrected chi connectivity index (χ0v) is 15.2. The standard InChI is InChI=1S/C20H18O9/c1-2-20(29)5-8(23)11-14(19(20)28)18(27)13-12(17(11)26)15(24)9-6(21)3-4-7(22)10(9)16(13)25/h3-4,8,19,21-23,26-29H,2,5H2,1H3. The van der Waals surface area contributed by atoms with Crippen molar-refractivity contribution in [1.29, 1.82) is 0 Å². The van der Waals surface area contributed by atoms with Crippen molar-refractivity contribution in [3.8, 4) is 23.0 Å². The molecule has 0 heterocycles. The molecule has 7 N–H and O–H groups in total. The van der Waals surface area contributed by atoms with Crippen molar-refractivity contribution in [2.24, 2.45) is 0 Å². The number of fused-ring (bicyclic) bond motifs is 3. The van der Waals surface area contributed by atoms with Crippen molar-refractivity contribution < 1.29 is 45.3 Å². The molecule has 2 aromatic rings. The smallest absolute Gasteiger partial charge is 0.202 e. The van der Waals surface area contributed by atoms with Gasteiger partial charge >= 0.3 is 0 Å². The van der Waals surface area contributed by atoms with Crippen molar-refractivity contribution in [2.75, 3.05) is 0 Å². The third-order valence-corrected chi connectivity index (χ3v) is 5.87. The molecule has 9 nitrogen and oxygen atoms in total. The summed E-state index contributed by atoms with van der Waals surface area (Å²) in [7, 11) is 0. The average molecular weight is 402 g/mol. The average Bonchev–Trinajstić information content (AvgIpc) is 2.67. The van der Waals surface area contributed by atoms with Crippen LogP contribution in [0, 0.1) is 0 Å². The molecular formula is C20H18O9. The van der Waals surface area contributed by atoms with E-state index in [0.29, 0.717) is 0 Å². The van der Waals surface area contributed by atoms with Crippen LogP contribution in [0.25, 0.3) is 0 Å². The largest absolute Gasteiger partial charge is 0.507 e. The van der Waals surface area contributed by atoms with Gasteiger partial charge in [-0.1, -0.05) is 6.92 Å². The van der Waals surface area contributed by atoms with Crippen LogP contribution < -0.4 is 0 Å². The van der Waals surface area contributed by atoms with E-state index in [1.54, 1.807) is 6.92 Å². The first kappa shape index (κ1) is 19.2. The third-order valence-electron chi connectivity index (χ3n) is 5.87. The molecule has 0 aliphatic heterocycles. The second-order valence-corrected chi connectivity index (χ2v) is 7.37. The quantitative estimate of drug-likeness (QED) is 0.291. The van der Waals surface area contributed by atoms with Crippen LogP contribution in [0.3, 0.4) is 0 Å². The fourth-order valence-corrected chi connectivity index (χ4v) is 4.26. The predicted molar refractivity (Wildman–Crippen MR) is 96.2 cm³/mol. The summed E-state index contributed by atoms with van der Waals surface area (Å²) in [6, 6.07) is 1.99. The molecule has 152 valence electrons. The van der Waals surface area contributed by atoms with Gasteiger partial charge in [-0.3, -0.25) is 9.59 Å². The molecule has 9 heteroatoms. The molecular weight excluding hydrogens is 384 g/mol. The molecule has 0 saturated carbocycles. The highest BCUT2D eigenvalue weighted by Crippen LogP contribution is 2.55. The summed E-state index contributed by atoms with van der Waals surface area (Å²) in [5.74, 6) is -5.08. The highest BCUT2D eigenvalue weighted by molar-refractivity contribution is 6.32. The summed E-state index contributed by atoms with van der Waals surface area (Å²) >= 11 is 0. The zero-order valence-electron chi connectivity index (χ0n) is 15.2. The van der Waals surface area contributed by atoms with Gasteiger partial charge in [-0.2, -0.15) is 0 Å². The number of aromatic hydroxyl groups is 4. The molecule has 0 saturated heterocycles. The lowest BCUT2D eigenvalue weighted by atomic mass is 9.71. The highest BCUT2D eigenvalue weighted by Gasteiger charge is 2.50. The Hall–Kier alpha value is -3.14. The lowest BCUT2D eigenvalue weighted by molar-refractivity contribution is -0.117. The molecule has 0 fully saturated rings. The van der Waals surface area contributed by atoms with Crippen molar-refractivity contribution in [1.82, 2.24) is 0 Å². The van der Waals surface area contributed by atoms with Crippen molar-refractivity contribution in [3.05, 3.63) is 45.5 Å². The van der Waals surface area contributed by atoms with E-state index in [9.17, 15) is 45.3 Å². The SMILES string of the molecule is CCC1(O)CC(O)c2c(O)c3c(c(O)c2C1O)C(=O)c1c(O)ccc(O)c1C3=O. The van der Waals surface area contributed by atoms with E-state index >= 15 is 0 Å². The molecule has 3 atom stereocenters. The van der Waals surface area contributed by atoms with Crippen LogP contribution in [-0.4, -0.2) is 52.9 Å². The molecule has 2 aromatic carbocycles. The Morgan fingerprint density at radius 1 is 0.862 bits per heavy atom. The first-order chi connectivity index (χ1) is 13.5. The number of aliphatic hydroxyl groups excluding tert-OH is 2. The first-order valence-electron chi connectivity index (χ1n) is 8.89. The van der Waals surface area contributed by atoms with Crippen LogP contribution >= 0.6 is 0 Å². The number of phenolic OH excluding ortho intramolecular Hbond substituents is 4. The molecule has 29 heavy (non-hydrogen) atoms. The van der Waals surface area contributed by atoms with E-state index in [2.05, 4.69) is 0 Å².